The first-order valence-electron chi connectivity index (χ1n) is 6.92. The summed E-state index contributed by atoms with van der Waals surface area (Å²) in [5.74, 6) is 0. The molecule has 1 unspecified atom stereocenters. The number of rotatable bonds is 7. The van der Waals surface area contributed by atoms with Crippen molar-refractivity contribution in [3.63, 3.8) is 0 Å². The van der Waals surface area contributed by atoms with Crippen LogP contribution in [0.3, 0.4) is 0 Å². The number of nitrogens with one attached hydrogen (secondary N) is 1. The van der Waals surface area contributed by atoms with Gasteiger partial charge in [0.1, 0.15) is 0 Å². The van der Waals surface area contributed by atoms with Crippen molar-refractivity contribution in [3.8, 4) is 0 Å². The molecular formula is C15H24N2O. The Morgan fingerprint density at radius 3 is 2.67 bits per heavy atom. The lowest BCUT2D eigenvalue weighted by Crippen LogP contribution is -2.44. The van der Waals surface area contributed by atoms with Crippen LogP contribution >= 0.6 is 0 Å². The number of aryl methyl sites for hydroxylation is 1. The van der Waals surface area contributed by atoms with Crippen LogP contribution in [-0.4, -0.2) is 36.9 Å². The van der Waals surface area contributed by atoms with E-state index in [-0.39, 0.29) is 12.6 Å². The molecule has 0 bridgehead atoms. The Hall–Kier alpha value is -1.06. The molecule has 0 amide bonds. The standard InChI is InChI=1S/C15H24N2O/c1-3-17(15-7-5-4-6-12(15)2)10-14(11-18)16-13-8-9-13/h4-7,13-14,16,18H,3,8-11H2,1-2H3. The zero-order valence-electron chi connectivity index (χ0n) is 11.4. The summed E-state index contributed by atoms with van der Waals surface area (Å²) in [6.07, 6.45) is 2.51. The molecule has 3 heteroatoms. The average molecular weight is 248 g/mol. The van der Waals surface area contributed by atoms with Crippen molar-refractivity contribution >= 4 is 5.69 Å². The van der Waals surface area contributed by atoms with Gasteiger partial charge in [0.15, 0.2) is 0 Å². The number of aliphatic hydroxyl groups is 1. The highest BCUT2D eigenvalue weighted by Crippen LogP contribution is 2.22. The summed E-state index contributed by atoms with van der Waals surface area (Å²) < 4.78 is 0. The molecule has 0 heterocycles. The van der Waals surface area contributed by atoms with Crippen molar-refractivity contribution in [3.05, 3.63) is 29.8 Å². The summed E-state index contributed by atoms with van der Waals surface area (Å²) in [6.45, 7) is 6.35. The van der Waals surface area contributed by atoms with Crippen molar-refractivity contribution in [2.45, 2.75) is 38.8 Å². The number of nitrogens with zero attached hydrogens (tertiary/aromatic N) is 1. The molecule has 1 aliphatic carbocycles. The topological polar surface area (TPSA) is 35.5 Å². The van der Waals surface area contributed by atoms with Crippen LogP contribution in [-0.2, 0) is 0 Å². The summed E-state index contributed by atoms with van der Waals surface area (Å²) in [5, 5.41) is 13.0. The lowest BCUT2D eigenvalue weighted by molar-refractivity contribution is 0.242. The SMILES string of the molecule is CCN(CC(CO)NC1CC1)c1ccccc1C. The van der Waals surface area contributed by atoms with E-state index in [9.17, 15) is 5.11 Å². The fraction of sp³-hybridized carbons (Fsp3) is 0.600. The number of aliphatic hydroxyl groups excluding tert-OH is 1. The summed E-state index contributed by atoms with van der Waals surface area (Å²) in [5.41, 5.74) is 2.57. The van der Waals surface area contributed by atoms with Gasteiger partial charge < -0.3 is 15.3 Å². The van der Waals surface area contributed by atoms with E-state index in [0.29, 0.717) is 6.04 Å². The Morgan fingerprint density at radius 2 is 2.11 bits per heavy atom. The van der Waals surface area contributed by atoms with Gasteiger partial charge in [0, 0.05) is 30.9 Å². The van der Waals surface area contributed by atoms with Gasteiger partial charge in [-0.15, -0.1) is 0 Å². The van der Waals surface area contributed by atoms with Crippen LogP contribution in [0.1, 0.15) is 25.3 Å². The third-order valence-electron chi connectivity index (χ3n) is 3.55. The van der Waals surface area contributed by atoms with Crippen molar-refractivity contribution in [2.75, 3.05) is 24.6 Å². The predicted octanol–water partition coefficient (Wildman–Crippen LogP) is 1.93. The van der Waals surface area contributed by atoms with Crippen molar-refractivity contribution in [2.24, 2.45) is 0 Å². The highest BCUT2D eigenvalue weighted by Gasteiger charge is 2.25. The maximum atomic E-state index is 9.47. The fourth-order valence-electron chi connectivity index (χ4n) is 2.33. The number of anilines is 1. The van der Waals surface area contributed by atoms with Crippen LogP contribution in [0.15, 0.2) is 24.3 Å². The first-order chi connectivity index (χ1) is 8.74. The van der Waals surface area contributed by atoms with Crippen LogP contribution in [0.2, 0.25) is 0 Å². The first kappa shape index (κ1) is 13.4. The van der Waals surface area contributed by atoms with Crippen LogP contribution in [0.25, 0.3) is 0 Å². The minimum Gasteiger partial charge on any atom is -0.395 e. The van der Waals surface area contributed by atoms with Gasteiger partial charge in [-0.25, -0.2) is 0 Å². The third kappa shape index (κ3) is 3.47. The number of hydrogen-bond acceptors (Lipinski definition) is 3. The van der Waals surface area contributed by atoms with Gasteiger partial charge in [0.05, 0.1) is 6.61 Å². The average Bonchev–Trinajstić information content (AvgIpc) is 3.19. The Bertz CT molecular complexity index is 377. The summed E-state index contributed by atoms with van der Waals surface area (Å²) >= 11 is 0. The number of para-hydroxylation sites is 1. The molecule has 1 atom stereocenters. The molecule has 0 aliphatic heterocycles. The van der Waals surface area contributed by atoms with Crippen LogP contribution in [0, 0.1) is 6.92 Å². The minimum atomic E-state index is 0.178. The highest BCUT2D eigenvalue weighted by molar-refractivity contribution is 5.53. The smallest absolute Gasteiger partial charge is 0.0602 e. The maximum absolute atomic E-state index is 9.47. The largest absolute Gasteiger partial charge is 0.395 e. The predicted molar refractivity (Wildman–Crippen MR) is 76.1 cm³/mol. The van der Waals surface area contributed by atoms with Gasteiger partial charge in [-0.1, -0.05) is 18.2 Å². The molecule has 1 aliphatic rings. The third-order valence-corrected chi connectivity index (χ3v) is 3.55. The van der Waals surface area contributed by atoms with Crippen molar-refractivity contribution in [1.82, 2.24) is 5.32 Å². The molecule has 0 saturated heterocycles. The molecule has 1 fully saturated rings. The van der Waals surface area contributed by atoms with Gasteiger partial charge in [-0.2, -0.15) is 0 Å². The molecule has 100 valence electrons. The molecule has 2 rings (SSSR count). The number of benzene rings is 1. The van der Waals surface area contributed by atoms with Crippen LogP contribution in [0.5, 0.6) is 0 Å². The second-order valence-electron chi connectivity index (χ2n) is 5.15. The van der Waals surface area contributed by atoms with Gasteiger partial charge in [0.2, 0.25) is 0 Å². The monoisotopic (exact) mass is 248 g/mol. The fourth-order valence-corrected chi connectivity index (χ4v) is 2.33. The second kappa shape index (κ2) is 6.21. The maximum Gasteiger partial charge on any atom is 0.0602 e. The van der Waals surface area contributed by atoms with E-state index in [2.05, 4.69) is 48.3 Å². The second-order valence-corrected chi connectivity index (χ2v) is 5.15. The Labute approximate surface area is 110 Å². The zero-order valence-corrected chi connectivity index (χ0v) is 11.4. The highest BCUT2D eigenvalue weighted by atomic mass is 16.3. The molecule has 18 heavy (non-hydrogen) atoms. The van der Waals surface area contributed by atoms with E-state index < -0.39 is 0 Å². The van der Waals surface area contributed by atoms with E-state index in [1.807, 2.05) is 0 Å². The zero-order chi connectivity index (χ0) is 13.0. The van der Waals surface area contributed by atoms with Crippen LogP contribution in [0.4, 0.5) is 5.69 Å². The first-order valence-corrected chi connectivity index (χ1v) is 6.92. The molecule has 0 spiro atoms. The molecule has 1 aromatic carbocycles. The molecule has 1 saturated carbocycles. The van der Waals surface area contributed by atoms with Crippen molar-refractivity contribution < 1.29 is 5.11 Å². The van der Waals surface area contributed by atoms with E-state index in [1.165, 1.54) is 24.1 Å². The number of hydrogen-bond donors (Lipinski definition) is 2. The molecule has 0 aromatic heterocycles. The molecular weight excluding hydrogens is 224 g/mol. The van der Waals surface area contributed by atoms with Gasteiger partial charge in [-0.05, 0) is 38.3 Å². The summed E-state index contributed by atoms with van der Waals surface area (Å²) in [4.78, 5) is 2.34. The lowest BCUT2D eigenvalue weighted by atomic mass is 10.1. The summed E-state index contributed by atoms with van der Waals surface area (Å²) in [6, 6.07) is 9.26. The number of likely N-dealkylation sites (N-methyl/N-ethyl adjacent to an activating group) is 1. The van der Waals surface area contributed by atoms with Crippen LogP contribution < -0.4 is 10.2 Å². The van der Waals surface area contributed by atoms with Gasteiger partial charge >= 0.3 is 0 Å². The Kier molecular flexibility index (Phi) is 4.61. The molecule has 0 radical (unpaired) electrons. The summed E-state index contributed by atoms with van der Waals surface area (Å²) in [7, 11) is 0. The Balaban J connectivity index is 2.01. The quantitative estimate of drug-likeness (QED) is 0.774. The molecule has 2 N–H and O–H groups in total. The minimum absolute atomic E-state index is 0.178. The molecule has 1 aromatic rings. The van der Waals surface area contributed by atoms with Gasteiger partial charge in [-0.3, -0.25) is 0 Å². The Morgan fingerprint density at radius 1 is 1.39 bits per heavy atom. The van der Waals surface area contributed by atoms with E-state index in [4.69, 9.17) is 0 Å². The van der Waals surface area contributed by atoms with E-state index >= 15 is 0 Å². The molecule has 3 nitrogen and oxygen atoms in total. The van der Waals surface area contributed by atoms with E-state index in [0.717, 1.165) is 13.1 Å². The lowest BCUT2D eigenvalue weighted by Gasteiger charge is -2.29. The van der Waals surface area contributed by atoms with Crippen molar-refractivity contribution in [1.29, 1.82) is 0 Å². The van der Waals surface area contributed by atoms with E-state index in [1.54, 1.807) is 0 Å². The normalized spacial score (nSPS) is 16.6. The van der Waals surface area contributed by atoms with Gasteiger partial charge in [0.25, 0.3) is 0 Å².